The molecule has 0 radical (unpaired) electrons. The van der Waals surface area contributed by atoms with Gasteiger partial charge >= 0.3 is 0 Å². The number of unbranched alkanes of at least 4 members (excludes halogenated alkanes) is 1. The van der Waals surface area contributed by atoms with E-state index in [1.54, 1.807) is 0 Å². The summed E-state index contributed by atoms with van der Waals surface area (Å²) in [6, 6.07) is 0.392. The van der Waals surface area contributed by atoms with Crippen LogP contribution in [0.15, 0.2) is 0 Å². The van der Waals surface area contributed by atoms with Gasteiger partial charge in [0.05, 0.1) is 0 Å². The summed E-state index contributed by atoms with van der Waals surface area (Å²) in [5, 5.41) is 0. The summed E-state index contributed by atoms with van der Waals surface area (Å²) < 4.78 is 0. The normalized spacial score (nSPS) is 25.4. The van der Waals surface area contributed by atoms with Gasteiger partial charge in [-0.2, -0.15) is 0 Å². The number of hydrogen-bond donors (Lipinski definition) is 1. The monoisotopic (exact) mass is 226 g/mol. The summed E-state index contributed by atoms with van der Waals surface area (Å²) in [7, 11) is 1.96. The fourth-order valence-electron chi connectivity index (χ4n) is 2.66. The van der Waals surface area contributed by atoms with Crippen molar-refractivity contribution >= 4 is 5.91 Å². The fraction of sp³-hybridized carbons (Fsp3) is 0.923. The third-order valence-corrected chi connectivity index (χ3v) is 3.81. The van der Waals surface area contributed by atoms with Crippen molar-refractivity contribution in [2.45, 2.75) is 57.9 Å². The Labute approximate surface area is 99.4 Å². The molecular formula is C13H26N2O. The molecule has 1 aliphatic rings. The summed E-state index contributed by atoms with van der Waals surface area (Å²) in [5.74, 6) is 0.816. The number of amides is 1. The van der Waals surface area contributed by atoms with Crippen molar-refractivity contribution in [3.8, 4) is 0 Å². The van der Waals surface area contributed by atoms with E-state index in [4.69, 9.17) is 5.73 Å². The molecule has 94 valence electrons. The number of hydrogen-bond acceptors (Lipinski definition) is 2. The van der Waals surface area contributed by atoms with Gasteiger partial charge in [-0.15, -0.1) is 0 Å². The summed E-state index contributed by atoms with van der Waals surface area (Å²) in [4.78, 5) is 13.9. The summed E-state index contributed by atoms with van der Waals surface area (Å²) in [6.45, 7) is 2.84. The second-order valence-corrected chi connectivity index (χ2v) is 4.96. The zero-order chi connectivity index (χ0) is 12.0. The van der Waals surface area contributed by atoms with Crippen LogP contribution in [0, 0.1) is 5.92 Å². The zero-order valence-electron chi connectivity index (χ0n) is 10.7. The molecule has 1 fully saturated rings. The second-order valence-electron chi connectivity index (χ2n) is 4.96. The topological polar surface area (TPSA) is 46.3 Å². The maximum atomic E-state index is 11.9. The molecule has 3 heteroatoms. The molecule has 1 rings (SSSR count). The average Bonchev–Trinajstić information content (AvgIpc) is 2.34. The fourth-order valence-corrected chi connectivity index (χ4v) is 2.66. The molecule has 0 aromatic heterocycles. The minimum absolute atomic E-state index is 0.298. The lowest BCUT2D eigenvalue weighted by molar-refractivity contribution is -0.133. The van der Waals surface area contributed by atoms with Gasteiger partial charge < -0.3 is 10.6 Å². The van der Waals surface area contributed by atoms with Crippen molar-refractivity contribution in [1.82, 2.24) is 4.90 Å². The Morgan fingerprint density at radius 1 is 1.38 bits per heavy atom. The lowest BCUT2D eigenvalue weighted by Gasteiger charge is -2.37. The molecule has 0 heterocycles. The highest BCUT2D eigenvalue weighted by atomic mass is 16.2. The van der Waals surface area contributed by atoms with Crippen LogP contribution in [0.4, 0.5) is 0 Å². The van der Waals surface area contributed by atoms with E-state index >= 15 is 0 Å². The van der Waals surface area contributed by atoms with Gasteiger partial charge in [-0.25, -0.2) is 0 Å². The highest BCUT2D eigenvalue weighted by molar-refractivity contribution is 5.76. The molecule has 0 saturated heterocycles. The van der Waals surface area contributed by atoms with E-state index in [1.165, 1.54) is 19.3 Å². The Hall–Kier alpha value is -0.570. The molecule has 2 N–H and O–H groups in total. The first-order valence-corrected chi connectivity index (χ1v) is 6.66. The standard InChI is InChI=1S/C13H26N2O/c1-3-4-9-13(16)15(2)12-8-6-5-7-11(12)10-14/h11-12H,3-10,14H2,1-2H3. The maximum absolute atomic E-state index is 11.9. The number of rotatable bonds is 5. The molecule has 1 aliphatic carbocycles. The second kappa shape index (κ2) is 6.89. The van der Waals surface area contributed by atoms with Crippen LogP contribution in [0.1, 0.15) is 51.9 Å². The quantitative estimate of drug-likeness (QED) is 0.781. The molecule has 2 atom stereocenters. The smallest absolute Gasteiger partial charge is 0.222 e. The molecule has 2 unspecified atom stereocenters. The number of carbonyl (C=O) groups excluding carboxylic acids is 1. The minimum atomic E-state index is 0.298. The predicted octanol–water partition coefficient (Wildman–Crippen LogP) is 2.15. The van der Waals surface area contributed by atoms with Gasteiger partial charge in [-0.1, -0.05) is 26.2 Å². The van der Waals surface area contributed by atoms with Gasteiger partial charge in [-0.05, 0) is 31.7 Å². The van der Waals surface area contributed by atoms with Crippen LogP contribution < -0.4 is 5.73 Å². The third-order valence-electron chi connectivity index (χ3n) is 3.81. The van der Waals surface area contributed by atoms with Crippen molar-refractivity contribution in [2.24, 2.45) is 11.7 Å². The molecule has 1 saturated carbocycles. The lowest BCUT2D eigenvalue weighted by atomic mass is 9.83. The first-order valence-electron chi connectivity index (χ1n) is 6.66. The summed E-state index contributed by atoms with van der Waals surface area (Å²) in [5.41, 5.74) is 5.79. The van der Waals surface area contributed by atoms with Gasteiger partial charge in [-0.3, -0.25) is 4.79 Å². The van der Waals surface area contributed by atoms with Crippen molar-refractivity contribution in [3.63, 3.8) is 0 Å². The molecule has 0 aromatic rings. The van der Waals surface area contributed by atoms with Crippen LogP contribution in [0.25, 0.3) is 0 Å². The Morgan fingerprint density at radius 3 is 2.69 bits per heavy atom. The van der Waals surface area contributed by atoms with E-state index in [0.717, 1.165) is 25.8 Å². The van der Waals surface area contributed by atoms with E-state index in [0.29, 0.717) is 24.3 Å². The molecule has 16 heavy (non-hydrogen) atoms. The Balaban J connectivity index is 2.49. The van der Waals surface area contributed by atoms with E-state index < -0.39 is 0 Å². The van der Waals surface area contributed by atoms with E-state index in [2.05, 4.69) is 6.92 Å². The first-order chi connectivity index (χ1) is 7.70. The van der Waals surface area contributed by atoms with E-state index in [1.807, 2.05) is 11.9 Å². The largest absolute Gasteiger partial charge is 0.342 e. The Kier molecular flexibility index (Phi) is 5.81. The van der Waals surface area contributed by atoms with Gasteiger partial charge in [0.25, 0.3) is 0 Å². The first kappa shape index (κ1) is 13.5. The van der Waals surface area contributed by atoms with Gasteiger partial charge in [0.2, 0.25) is 5.91 Å². The highest BCUT2D eigenvalue weighted by Crippen LogP contribution is 2.27. The molecule has 0 aromatic carbocycles. The van der Waals surface area contributed by atoms with E-state index in [9.17, 15) is 4.79 Å². The van der Waals surface area contributed by atoms with Crippen molar-refractivity contribution in [1.29, 1.82) is 0 Å². The molecule has 0 aliphatic heterocycles. The van der Waals surface area contributed by atoms with Crippen molar-refractivity contribution in [2.75, 3.05) is 13.6 Å². The van der Waals surface area contributed by atoms with Crippen molar-refractivity contribution < 1.29 is 4.79 Å². The van der Waals surface area contributed by atoms with Crippen LogP contribution >= 0.6 is 0 Å². The molecule has 3 nitrogen and oxygen atoms in total. The van der Waals surface area contributed by atoms with Crippen LogP contribution in [-0.2, 0) is 4.79 Å². The van der Waals surface area contributed by atoms with Crippen LogP contribution in [0.5, 0.6) is 0 Å². The van der Waals surface area contributed by atoms with Gasteiger partial charge in [0.1, 0.15) is 0 Å². The minimum Gasteiger partial charge on any atom is -0.342 e. The van der Waals surface area contributed by atoms with Gasteiger partial charge in [0.15, 0.2) is 0 Å². The lowest BCUT2D eigenvalue weighted by Crippen LogP contribution is -2.45. The van der Waals surface area contributed by atoms with Crippen molar-refractivity contribution in [3.05, 3.63) is 0 Å². The molecule has 1 amide bonds. The third kappa shape index (κ3) is 3.48. The molecule has 0 bridgehead atoms. The number of nitrogens with two attached hydrogens (primary N) is 1. The highest BCUT2D eigenvalue weighted by Gasteiger charge is 2.29. The Bertz CT molecular complexity index is 218. The Morgan fingerprint density at radius 2 is 2.06 bits per heavy atom. The molecular weight excluding hydrogens is 200 g/mol. The summed E-state index contributed by atoms with van der Waals surface area (Å²) >= 11 is 0. The predicted molar refractivity (Wildman–Crippen MR) is 67.1 cm³/mol. The van der Waals surface area contributed by atoms with Crippen LogP contribution in [0.2, 0.25) is 0 Å². The summed E-state index contributed by atoms with van der Waals surface area (Å²) in [6.07, 6.45) is 7.62. The number of nitrogens with zero attached hydrogens (tertiary/aromatic N) is 1. The number of carbonyl (C=O) groups is 1. The van der Waals surface area contributed by atoms with Gasteiger partial charge in [0, 0.05) is 19.5 Å². The average molecular weight is 226 g/mol. The SMILES string of the molecule is CCCCC(=O)N(C)C1CCCCC1CN. The maximum Gasteiger partial charge on any atom is 0.222 e. The molecule has 0 spiro atoms. The van der Waals surface area contributed by atoms with Crippen LogP contribution in [-0.4, -0.2) is 30.4 Å². The zero-order valence-corrected chi connectivity index (χ0v) is 10.7. The van der Waals surface area contributed by atoms with Crippen LogP contribution in [0.3, 0.4) is 0 Å². The van der Waals surface area contributed by atoms with E-state index in [-0.39, 0.29) is 0 Å².